The van der Waals surface area contributed by atoms with Gasteiger partial charge >= 0.3 is 17.9 Å². The van der Waals surface area contributed by atoms with Crippen LogP contribution in [0.25, 0.3) is 0 Å². The summed E-state index contributed by atoms with van der Waals surface area (Å²) in [4.78, 5) is 38.4. The van der Waals surface area contributed by atoms with Crippen LogP contribution < -0.4 is 0 Å². The molecular weight excluding hydrogens is 1020 g/mol. The lowest BCUT2D eigenvalue weighted by Gasteiger charge is -2.18. The molecule has 1 atom stereocenters. The molecule has 0 amide bonds. The van der Waals surface area contributed by atoms with Crippen LogP contribution in [0.5, 0.6) is 0 Å². The van der Waals surface area contributed by atoms with E-state index in [-0.39, 0.29) is 37.5 Å². The highest BCUT2D eigenvalue weighted by Crippen LogP contribution is 2.14. The standard InChI is InChI=1S/C77H122O6/c1-4-7-10-13-16-19-22-25-27-29-31-33-35-37-38-40-41-43-45-47-49-52-55-58-61-64-67-70-76(79)82-73-74(72-81-75(78)69-66-63-60-57-54-51-24-21-18-15-12-9-6-3)83-77(80)71-68-65-62-59-56-53-50-48-46-44-42-39-36-34-32-30-28-26-23-20-17-14-11-8-5-2/h7-8,10-11,16-17,19-21,24-28,31-34,37-39,41-43,46,48,53,56,74H,4-6,9,12-15,18,22-23,29-30,35-36,40,44-45,47,49-52,54-55,57-73H2,1-3H3/b10-7-,11-8-,19-16-,20-17-,24-21-,27-25-,28-26-,33-31-,34-32-,38-37-,42-39-,43-41-,48-46-,56-53-. The van der Waals surface area contributed by atoms with Crippen LogP contribution in [0, 0.1) is 0 Å². The molecule has 466 valence electrons. The maximum absolute atomic E-state index is 12.9. The number of ether oxygens (including phenoxy) is 3. The average Bonchev–Trinajstić information content (AvgIpc) is 3.49. The zero-order valence-electron chi connectivity index (χ0n) is 53.4. The zero-order valence-corrected chi connectivity index (χ0v) is 53.4. The molecule has 0 bridgehead atoms. The van der Waals surface area contributed by atoms with Gasteiger partial charge in [-0.05, 0) is 154 Å². The van der Waals surface area contributed by atoms with Gasteiger partial charge in [0.2, 0.25) is 0 Å². The summed E-state index contributed by atoms with van der Waals surface area (Å²) in [6, 6.07) is 0. The number of unbranched alkanes of at least 4 members (excludes halogenated alkanes) is 20. The van der Waals surface area contributed by atoms with Gasteiger partial charge < -0.3 is 14.2 Å². The Hall–Kier alpha value is -5.23. The molecule has 6 heteroatoms. The Morgan fingerprint density at radius 3 is 0.759 bits per heavy atom. The van der Waals surface area contributed by atoms with Crippen molar-refractivity contribution in [3.63, 3.8) is 0 Å². The second kappa shape index (κ2) is 69.3. The van der Waals surface area contributed by atoms with Gasteiger partial charge in [0, 0.05) is 19.3 Å². The number of allylic oxidation sites excluding steroid dienone is 28. The highest BCUT2D eigenvalue weighted by atomic mass is 16.6. The van der Waals surface area contributed by atoms with Gasteiger partial charge in [-0.2, -0.15) is 0 Å². The molecule has 6 nitrogen and oxygen atoms in total. The van der Waals surface area contributed by atoms with Crippen LogP contribution in [0.15, 0.2) is 170 Å². The summed E-state index contributed by atoms with van der Waals surface area (Å²) in [6.07, 6.45) is 102. The van der Waals surface area contributed by atoms with Crippen LogP contribution in [0.1, 0.15) is 278 Å². The van der Waals surface area contributed by atoms with E-state index in [1.54, 1.807) is 0 Å². The minimum atomic E-state index is -0.813. The molecule has 83 heavy (non-hydrogen) atoms. The molecule has 1 unspecified atom stereocenters. The van der Waals surface area contributed by atoms with E-state index in [1.165, 1.54) is 70.6 Å². The van der Waals surface area contributed by atoms with Crippen molar-refractivity contribution in [1.29, 1.82) is 0 Å². The summed E-state index contributed by atoms with van der Waals surface area (Å²) in [6.45, 7) is 6.35. The molecule has 0 saturated heterocycles. The van der Waals surface area contributed by atoms with Gasteiger partial charge in [-0.15, -0.1) is 0 Å². The number of rotatable bonds is 59. The molecule has 0 radical (unpaired) electrons. The zero-order chi connectivity index (χ0) is 59.9. The van der Waals surface area contributed by atoms with E-state index in [0.29, 0.717) is 19.3 Å². The lowest BCUT2D eigenvalue weighted by molar-refractivity contribution is -0.167. The second-order valence-electron chi connectivity index (χ2n) is 21.6. The molecule has 0 saturated carbocycles. The smallest absolute Gasteiger partial charge is 0.306 e. The third-order valence-electron chi connectivity index (χ3n) is 13.7. The second-order valence-corrected chi connectivity index (χ2v) is 21.6. The highest BCUT2D eigenvalue weighted by molar-refractivity contribution is 5.71. The van der Waals surface area contributed by atoms with Crippen molar-refractivity contribution < 1.29 is 28.6 Å². The van der Waals surface area contributed by atoms with Gasteiger partial charge in [-0.25, -0.2) is 0 Å². The fourth-order valence-corrected chi connectivity index (χ4v) is 8.71. The predicted octanol–water partition coefficient (Wildman–Crippen LogP) is 23.4. The van der Waals surface area contributed by atoms with Gasteiger partial charge in [-0.1, -0.05) is 274 Å². The van der Waals surface area contributed by atoms with E-state index in [0.717, 1.165) is 161 Å². The summed E-state index contributed by atoms with van der Waals surface area (Å²) in [7, 11) is 0. The molecule has 0 aromatic rings. The van der Waals surface area contributed by atoms with Crippen molar-refractivity contribution in [2.24, 2.45) is 0 Å². The monoisotopic (exact) mass is 1140 g/mol. The van der Waals surface area contributed by atoms with E-state index in [1.807, 2.05) is 0 Å². The minimum absolute atomic E-state index is 0.106. The van der Waals surface area contributed by atoms with E-state index in [2.05, 4.69) is 191 Å². The normalized spacial score (nSPS) is 13.2. The number of carbonyl (C=O) groups excluding carboxylic acids is 3. The van der Waals surface area contributed by atoms with E-state index in [4.69, 9.17) is 14.2 Å². The number of carbonyl (C=O) groups is 3. The Bertz CT molecular complexity index is 1890. The molecule has 0 N–H and O–H groups in total. The summed E-state index contributed by atoms with van der Waals surface area (Å²) in [5.74, 6) is -0.958. The fourth-order valence-electron chi connectivity index (χ4n) is 8.71. The van der Waals surface area contributed by atoms with Crippen molar-refractivity contribution in [3.8, 4) is 0 Å². The molecule has 0 spiro atoms. The first-order valence-corrected chi connectivity index (χ1v) is 33.6. The SMILES string of the molecule is CC/C=C\C/C=C\C/C=C\C/C=C\C/C=C\C/C=C\C/C=C\CCCCCC(=O)OC(COC(=O)CCCCCCC/C=C\CCCCCC)COC(=O)CCCCCCCCCC/C=C\C/C=C\C/C=C\C/C=C\C/C=C\C/C=C\CC. The van der Waals surface area contributed by atoms with Crippen LogP contribution >= 0.6 is 0 Å². The van der Waals surface area contributed by atoms with Crippen LogP contribution in [0.2, 0.25) is 0 Å². The molecule has 0 aliphatic heterocycles. The number of hydrogen-bond donors (Lipinski definition) is 0. The van der Waals surface area contributed by atoms with Gasteiger partial charge in [0.25, 0.3) is 0 Å². The van der Waals surface area contributed by atoms with Crippen molar-refractivity contribution in [2.75, 3.05) is 13.2 Å². The number of hydrogen-bond acceptors (Lipinski definition) is 6. The fraction of sp³-hybridized carbons (Fsp3) is 0.597. The molecule has 0 rings (SSSR count). The molecule has 0 aromatic carbocycles. The highest BCUT2D eigenvalue weighted by Gasteiger charge is 2.19. The van der Waals surface area contributed by atoms with Crippen molar-refractivity contribution >= 4 is 17.9 Å². The molecule has 0 heterocycles. The van der Waals surface area contributed by atoms with E-state index < -0.39 is 6.10 Å². The summed E-state index contributed by atoms with van der Waals surface area (Å²) in [5.41, 5.74) is 0. The van der Waals surface area contributed by atoms with Gasteiger partial charge in [0.05, 0.1) is 0 Å². The van der Waals surface area contributed by atoms with Gasteiger partial charge in [0.15, 0.2) is 6.10 Å². The van der Waals surface area contributed by atoms with Gasteiger partial charge in [0.1, 0.15) is 13.2 Å². The first-order valence-electron chi connectivity index (χ1n) is 33.6. The molecular formula is C77H122O6. The Morgan fingerprint density at radius 1 is 0.253 bits per heavy atom. The molecule has 0 fully saturated rings. The van der Waals surface area contributed by atoms with Crippen LogP contribution in [0.3, 0.4) is 0 Å². The first-order chi connectivity index (χ1) is 41.0. The Kier molecular flexibility index (Phi) is 64.9. The first kappa shape index (κ1) is 77.8. The lowest BCUT2D eigenvalue weighted by atomic mass is 10.1. The third-order valence-corrected chi connectivity index (χ3v) is 13.7. The van der Waals surface area contributed by atoms with E-state index >= 15 is 0 Å². The quantitative estimate of drug-likeness (QED) is 0.0261. The average molecular weight is 1140 g/mol. The van der Waals surface area contributed by atoms with Crippen molar-refractivity contribution in [1.82, 2.24) is 0 Å². The number of esters is 3. The molecule has 0 aromatic heterocycles. The van der Waals surface area contributed by atoms with Crippen LogP contribution in [0.4, 0.5) is 0 Å². The van der Waals surface area contributed by atoms with E-state index in [9.17, 15) is 14.4 Å². The third kappa shape index (κ3) is 67.4. The Balaban J connectivity index is 4.45. The summed E-state index contributed by atoms with van der Waals surface area (Å²) in [5, 5.41) is 0. The predicted molar refractivity (Wildman–Crippen MR) is 361 cm³/mol. The largest absolute Gasteiger partial charge is 0.462 e. The summed E-state index contributed by atoms with van der Waals surface area (Å²) < 4.78 is 16.9. The molecule has 0 aliphatic rings. The van der Waals surface area contributed by atoms with Gasteiger partial charge in [-0.3, -0.25) is 14.4 Å². The summed E-state index contributed by atoms with van der Waals surface area (Å²) >= 11 is 0. The van der Waals surface area contributed by atoms with Crippen molar-refractivity contribution in [2.45, 2.75) is 284 Å². The van der Waals surface area contributed by atoms with Crippen LogP contribution in [-0.4, -0.2) is 37.2 Å². The van der Waals surface area contributed by atoms with Crippen LogP contribution in [-0.2, 0) is 28.6 Å². The Labute approximate surface area is 511 Å². The lowest BCUT2D eigenvalue weighted by Crippen LogP contribution is -2.30. The Morgan fingerprint density at radius 2 is 0.470 bits per heavy atom. The molecule has 0 aliphatic carbocycles. The van der Waals surface area contributed by atoms with Crippen molar-refractivity contribution in [3.05, 3.63) is 170 Å². The minimum Gasteiger partial charge on any atom is -0.462 e. The topological polar surface area (TPSA) is 78.9 Å². The maximum atomic E-state index is 12.9. The maximum Gasteiger partial charge on any atom is 0.306 e.